The Hall–Kier alpha value is -3.59. The second-order valence-corrected chi connectivity index (χ2v) is 10.4. The van der Waals surface area contributed by atoms with E-state index in [1.807, 2.05) is 11.8 Å². The summed E-state index contributed by atoms with van der Waals surface area (Å²) in [7, 11) is 1.76. The second kappa shape index (κ2) is 13.8. The van der Waals surface area contributed by atoms with Crippen molar-refractivity contribution in [1.29, 1.82) is 0 Å². The highest BCUT2D eigenvalue weighted by Gasteiger charge is 2.57. The van der Waals surface area contributed by atoms with Crippen LogP contribution in [0.15, 0.2) is 30.5 Å². The van der Waals surface area contributed by atoms with Crippen molar-refractivity contribution in [2.24, 2.45) is 5.92 Å². The predicted octanol–water partition coefficient (Wildman–Crippen LogP) is 5.85. The van der Waals surface area contributed by atoms with E-state index in [0.29, 0.717) is 36.3 Å². The van der Waals surface area contributed by atoms with Gasteiger partial charge in [-0.15, -0.1) is 0 Å². The summed E-state index contributed by atoms with van der Waals surface area (Å²) >= 11 is 0. The summed E-state index contributed by atoms with van der Waals surface area (Å²) in [6, 6.07) is 6.52. The summed E-state index contributed by atoms with van der Waals surface area (Å²) in [5, 5.41) is 12.2. The maximum absolute atomic E-state index is 12.7. The summed E-state index contributed by atoms with van der Waals surface area (Å²) in [6.07, 6.45) is -9.00. The number of carbonyl (C=O) groups excluding carboxylic acids is 2. The summed E-state index contributed by atoms with van der Waals surface area (Å²) < 4.78 is 102. The van der Waals surface area contributed by atoms with Crippen LogP contribution in [-0.2, 0) is 17.9 Å². The van der Waals surface area contributed by atoms with Gasteiger partial charge in [0, 0.05) is 45.6 Å². The maximum atomic E-state index is 12.7. The largest absolute Gasteiger partial charge is 0.400 e. The Balaban J connectivity index is 0.000000546. The molecule has 1 aliphatic heterocycles. The van der Waals surface area contributed by atoms with Crippen molar-refractivity contribution in [2.45, 2.75) is 83.0 Å². The molecular weight excluding hydrogens is 592 g/mol. The maximum Gasteiger partial charge on any atom is 0.400 e. The summed E-state index contributed by atoms with van der Waals surface area (Å²) in [6.45, 7) is 2.39. The molecule has 43 heavy (non-hydrogen) atoms. The predicted molar refractivity (Wildman–Crippen MR) is 143 cm³/mol. The summed E-state index contributed by atoms with van der Waals surface area (Å²) in [5.74, 6) is -7.70. The number of hydrogen-bond acceptors (Lipinski definition) is 5. The molecular formula is C27H34F8N6O2. The number of nitrogens with zero attached hydrogens (tertiary/aromatic N) is 3. The highest BCUT2D eigenvalue weighted by molar-refractivity contribution is 5.92. The van der Waals surface area contributed by atoms with Gasteiger partial charge in [-0.25, -0.2) is 8.78 Å². The number of alkyl halides is 8. The van der Waals surface area contributed by atoms with Crippen LogP contribution >= 0.6 is 0 Å². The van der Waals surface area contributed by atoms with Crippen LogP contribution in [0.1, 0.15) is 61.5 Å². The Morgan fingerprint density at radius 2 is 1.70 bits per heavy atom. The van der Waals surface area contributed by atoms with Crippen LogP contribution in [-0.4, -0.2) is 59.6 Å². The van der Waals surface area contributed by atoms with Gasteiger partial charge in [-0.2, -0.15) is 31.4 Å². The van der Waals surface area contributed by atoms with Crippen LogP contribution in [0.4, 0.5) is 46.5 Å². The van der Waals surface area contributed by atoms with Gasteiger partial charge in [-0.1, -0.05) is 12.5 Å². The minimum Gasteiger partial charge on any atom is -0.362 e. The quantitative estimate of drug-likeness (QED) is 0.320. The molecule has 2 aliphatic rings. The van der Waals surface area contributed by atoms with Crippen molar-refractivity contribution in [1.82, 2.24) is 20.4 Å². The van der Waals surface area contributed by atoms with Crippen molar-refractivity contribution in [3.8, 4) is 0 Å². The van der Waals surface area contributed by atoms with E-state index in [1.54, 1.807) is 36.0 Å². The molecule has 0 bridgehead atoms. The third kappa shape index (κ3) is 9.45. The Morgan fingerprint density at radius 3 is 2.26 bits per heavy atom. The van der Waals surface area contributed by atoms with E-state index in [1.165, 1.54) is 6.20 Å². The molecule has 2 amide bonds. The molecule has 1 aromatic carbocycles. The number of anilines is 2. The molecule has 1 unspecified atom stereocenters. The number of aromatic nitrogens is 2. The van der Waals surface area contributed by atoms with Gasteiger partial charge in [-0.3, -0.25) is 14.3 Å². The number of amides is 2. The third-order valence-electron chi connectivity index (χ3n) is 7.19. The third-order valence-corrected chi connectivity index (χ3v) is 7.19. The van der Waals surface area contributed by atoms with Crippen molar-refractivity contribution in [3.63, 3.8) is 0 Å². The highest BCUT2D eigenvalue weighted by Crippen LogP contribution is 2.41. The van der Waals surface area contributed by atoms with Gasteiger partial charge in [0.25, 0.3) is 5.91 Å². The Kier molecular flexibility index (Phi) is 10.9. The second-order valence-electron chi connectivity index (χ2n) is 10.4. The Labute approximate surface area is 243 Å². The van der Waals surface area contributed by atoms with Gasteiger partial charge in [0.2, 0.25) is 11.8 Å². The van der Waals surface area contributed by atoms with E-state index in [-0.39, 0.29) is 38.0 Å². The van der Waals surface area contributed by atoms with Gasteiger partial charge in [-0.05, 0) is 43.5 Å². The lowest BCUT2D eigenvalue weighted by atomic mass is 9.97. The molecule has 0 spiro atoms. The zero-order chi connectivity index (χ0) is 32.0. The molecule has 1 saturated carbocycles. The van der Waals surface area contributed by atoms with Crippen LogP contribution in [0, 0.1) is 5.92 Å². The zero-order valence-electron chi connectivity index (χ0n) is 23.6. The SMILES string of the molecule is CCn1nccc1C(=O)NCC1Nc2ccc(CNC(=O)CC(C(F)(F)F)C(F)(F)F)cc2N1C.FC1(F)CCCCC1. The smallest absolute Gasteiger partial charge is 0.362 e. The van der Waals surface area contributed by atoms with E-state index in [4.69, 9.17) is 0 Å². The average Bonchev–Trinajstić information content (AvgIpc) is 3.52. The fraction of sp³-hybridized carbons (Fsp3) is 0.593. The first kappa shape index (κ1) is 33.9. The van der Waals surface area contributed by atoms with Crippen LogP contribution in [0.5, 0.6) is 0 Å². The molecule has 2 aromatic rings. The first-order chi connectivity index (χ1) is 20.0. The minimum atomic E-state index is -5.57. The molecule has 1 fully saturated rings. The molecule has 1 aliphatic carbocycles. The fourth-order valence-corrected chi connectivity index (χ4v) is 4.73. The Morgan fingerprint density at radius 1 is 1.05 bits per heavy atom. The van der Waals surface area contributed by atoms with E-state index in [9.17, 15) is 44.7 Å². The number of halogens is 8. The number of hydrogen-bond donors (Lipinski definition) is 3. The molecule has 1 aromatic heterocycles. The highest BCUT2D eigenvalue weighted by atomic mass is 19.4. The van der Waals surface area contributed by atoms with Crippen molar-refractivity contribution in [2.75, 3.05) is 23.8 Å². The number of rotatable bonds is 8. The van der Waals surface area contributed by atoms with E-state index < -0.39 is 36.5 Å². The van der Waals surface area contributed by atoms with Gasteiger partial charge < -0.3 is 20.9 Å². The van der Waals surface area contributed by atoms with Crippen molar-refractivity contribution in [3.05, 3.63) is 41.7 Å². The monoisotopic (exact) mass is 626 g/mol. The molecule has 8 nitrogen and oxygen atoms in total. The molecule has 4 rings (SSSR count). The molecule has 0 saturated heterocycles. The fourth-order valence-electron chi connectivity index (χ4n) is 4.73. The number of fused-ring (bicyclic) bond motifs is 1. The molecule has 0 radical (unpaired) electrons. The minimum absolute atomic E-state index is 0.118. The van der Waals surface area contributed by atoms with Gasteiger partial charge in [0.1, 0.15) is 11.9 Å². The van der Waals surface area contributed by atoms with Gasteiger partial charge in [0.15, 0.2) is 5.92 Å². The van der Waals surface area contributed by atoms with Crippen molar-refractivity contribution < 1.29 is 44.7 Å². The van der Waals surface area contributed by atoms with E-state index in [0.717, 1.165) is 12.1 Å². The van der Waals surface area contributed by atoms with Crippen LogP contribution < -0.4 is 20.9 Å². The summed E-state index contributed by atoms with van der Waals surface area (Å²) in [5.41, 5.74) is 2.31. The van der Waals surface area contributed by atoms with E-state index in [2.05, 4.69) is 21.0 Å². The molecule has 16 heteroatoms. The number of nitrogens with one attached hydrogen (secondary N) is 3. The first-order valence-corrected chi connectivity index (χ1v) is 13.7. The topological polar surface area (TPSA) is 91.3 Å². The Bertz CT molecular complexity index is 1220. The van der Waals surface area contributed by atoms with Gasteiger partial charge >= 0.3 is 12.4 Å². The normalized spacial score (nSPS) is 17.9. The molecule has 240 valence electrons. The lowest BCUT2D eigenvalue weighted by Crippen LogP contribution is -2.43. The lowest BCUT2D eigenvalue weighted by Gasteiger charge is -2.23. The number of carbonyl (C=O) groups is 2. The zero-order valence-corrected chi connectivity index (χ0v) is 23.6. The standard InChI is InChI=1S/C21H24F6N6O2.C6H10F2/c1-3-33-14(6-7-30-33)19(35)29-11-17-31-13-5-4-12(8-15(13)32(17)2)10-28-18(34)9-16(20(22,23)24)21(25,26)27;7-6(8)4-2-1-3-5-6/h4-8,16-17,31H,3,9-11H2,1-2H3,(H,28,34)(H,29,35);1-5H2. The van der Waals surface area contributed by atoms with Crippen LogP contribution in [0.2, 0.25) is 0 Å². The lowest BCUT2D eigenvalue weighted by molar-refractivity contribution is -0.284. The number of likely N-dealkylation sites (N-methyl/N-ethyl adjacent to an activating group) is 1. The molecule has 1 atom stereocenters. The summed E-state index contributed by atoms with van der Waals surface area (Å²) in [4.78, 5) is 26.0. The van der Waals surface area contributed by atoms with Crippen LogP contribution in [0.3, 0.4) is 0 Å². The molecule has 2 heterocycles. The van der Waals surface area contributed by atoms with Crippen LogP contribution in [0.25, 0.3) is 0 Å². The number of benzene rings is 1. The van der Waals surface area contributed by atoms with E-state index >= 15 is 0 Å². The average molecular weight is 627 g/mol. The van der Waals surface area contributed by atoms with Gasteiger partial charge in [0.05, 0.1) is 17.9 Å². The number of aryl methyl sites for hydroxylation is 1. The first-order valence-electron chi connectivity index (χ1n) is 13.7. The molecule has 3 N–H and O–H groups in total. The van der Waals surface area contributed by atoms with Crippen molar-refractivity contribution >= 4 is 23.2 Å².